The average Bonchev–Trinajstić information content (AvgIpc) is 2.64. The molecule has 2 heterocycles. The summed E-state index contributed by atoms with van der Waals surface area (Å²) < 4.78 is 6.49. The molecule has 0 radical (unpaired) electrons. The summed E-state index contributed by atoms with van der Waals surface area (Å²) in [5.74, 6) is 1.02. The number of rotatable bonds is 2. The molecule has 0 aromatic heterocycles. The third-order valence-corrected chi connectivity index (χ3v) is 5.01. The Morgan fingerprint density at radius 3 is 3.00 bits per heavy atom. The highest BCUT2D eigenvalue weighted by molar-refractivity contribution is 5.41. The van der Waals surface area contributed by atoms with Crippen molar-refractivity contribution < 1.29 is 4.74 Å². The van der Waals surface area contributed by atoms with Crippen LogP contribution in [0.15, 0.2) is 18.2 Å². The summed E-state index contributed by atoms with van der Waals surface area (Å²) in [6.07, 6.45) is 5.65. The van der Waals surface area contributed by atoms with Crippen LogP contribution >= 0.6 is 0 Å². The minimum Gasteiger partial charge on any atom is -0.487 e. The summed E-state index contributed by atoms with van der Waals surface area (Å²) in [6.45, 7) is 7.92. The second-order valence-electron chi connectivity index (χ2n) is 6.83. The molecule has 1 unspecified atom stereocenters. The monoisotopic (exact) mass is 288 g/mol. The van der Waals surface area contributed by atoms with E-state index in [1.54, 1.807) is 0 Å². The molecule has 1 fully saturated rings. The van der Waals surface area contributed by atoms with Gasteiger partial charge >= 0.3 is 0 Å². The molecule has 1 aromatic carbocycles. The van der Waals surface area contributed by atoms with E-state index in [0.29, 0.717) is 0 Å². The van der Waals surface area contributed by atoms with Crippen molar-refractivity contribution in [1.29, 1.82) is 0 Å². The Morgan fingerprint density at radius 2 is 2.19 bits per heavy atom. The zero-order chi connectivity index (χ0) is 14.9. The quantitative estimate of drug-likeness (QED) is 0.906. The maximum Gasteiger partial charge on any atom is 0.124 e. The number of nitrogens with two attached hydrogens (primary N) is 1. The van der Waals surface area contributed by atoms with Crippen molar-refractivity contribution in [1.82, 2.24) is 4.90 Å². The summed E-state index contributed by atoms with van der Waals surface area (Å²) in [5, 5.41) is 0. The van der Waals surface area contributed by atoms with Crippen molar-refractivity contribution in [3.05, 3.63) is 29.3 Å². The van der Waals surface area contributed by atoms with E-state index < -0.39 is 0 Å². The molecule has 2 N–H and O–H groups in total. The topological polar surface area (TPSA) is 38.5 Å². The predicted octanol–water partition coefficient (Wildman–Crippen LogP) is 3.41. The number of likely N-dealkylation sites (tertiary alicyclic amines) is 1. The standard InChI is InChI=1S/C18H28N2O/c1-3-9-20-10-4-7-18(8-11-20)13-16(19)15-12-14(2)5-6-17(15)21-18/h5-6,12,16H,3-4,7-11,13,19H2,1-2H3/t16-,18?/m1/s1. The van der Waals surface area contributed by atoms with Crippen LogP contribution in [0.4, 0.5) is 0 Å². The van der Waals surface area contributed by atoms with E-state index in [4.69, 9.17) is 10.5 Å². The molecule has 0 aliphatic carbocycles. The van der Waals surface area contributed by atoms with E-state index in [0.717, 1.165) is 31.6 Å². The van der Waals surface area contributed by atoms with Crippen LogP contribution in [0.5, 0.6) is 5.75 Å². The number of hydrogen-bond acceptors (Lipinski definition) is 3. The third-order valence-electron chi connectivity index (χ3n) is 5.01. The molecule has 1 spiro atoms. The Labute approximate surface area is 128 Å². The first-order chi connectivity index (χ1) is 10.1. The molecule has 3 heteroatoms. The van der Waals surface area contributed by atoms with Gasteiger partial charge in [0, 0.05) is 24.6 Å². The lowest BCUT2D eigenvalue weighted by atomic mass is 9.82. The van der Waals surface area contributed by atoms with E-state index in [2.05, 4.69) is 36.9 Å². The highest BCUT2D eigenvalue weighted by atomic mass is 16.5. The smallest absolute Gasteiger partial charge is 0.124 e. The van der Waals surface area contributed by atoms with Crippen molar-refractivity contribution in [2.75, 3.05) is 19.6 Å². The van der Waals surface area contributed by atoms with Crippen molar-refractivity contribution in [3.63, 3.8) is 0 Å². The second-order valence-corrected chi connectivity index (χ2v) is 6.83. The minimum absolute atomic E-state index is 0.0375. The molecule has 2 atom stereocenters. The number of fused-ring (bicyclic) bond motifs is 1. The van der Waals surface area contributed by atoms with Gasteiger partial charge in [-0.3, -0.25) is 0 Å². The number of benzene rings is 1. The number of hydrogen-bond donors (Lipinski definition) is 1. The van der Waals surface area contributed by atoms with Crippen molar-refractivity contribution in [2.45, 2.75) is 57.6 Å². The van der Waals surface area contributed by atoms with Crippen molar-refractivity contribution in [2.24, 2.45) is 5.73 Å². The summed E-state index contributed by atoms with van der Waals surface area (Å²) in [4.78, 5) is 2.58. The van der Waals surface area contributed by atoms with Gasteiger partial charge in [-0.1, -0.05) is 24.6 Å². The molecule has 0 saturated carbocycles. The Balaban J connectivity index is 1.79. The van der Waals surface area contributed by atoms with Crippen LogP contribution in [0.2, 0.25) is 0 Å². The third kappa shape index (κ3) is 3.09. The summed E-state index contributed by atoms with van der Waals surface area (Å²) >= 11 is 0. The summed E-state index contributed by atoms with van der Waals surface area (Å²) in [6, 6.07) is 6.55. The molecular formula is C18H28N2O. The first-order valence-corrected chi connectivity index (χ1v) is 8.39. The van der Waals surface area contributed by atoms with Crippen LogP contribution in [-0.4, -0.2) is 30.1 Å². The SMILES string of the molecule is CCCN1CCCC2(CC1)C[C@@H](N)c1cc(C)ccc1O2. The van der Waals surface area contributed by atoms with Gasteiger partial charge < -0.3 is 15.4 Å². The number of aryl methyl sites for hydroxylation is 1. The van der Waals surface area contributed by atoms with Gasteiger partial charge in [-0.05, 0) is 51.8 Å². The summed E-state index contributed by atoms with van der Waals surface area (Å²) in [5.41, 5.74) is 8.89. The lowest BCUT2D eigenvalue weighted by molar-refractivity contribution is 0.0218. The van der Waals surface area contributed by atoms with Crippen LogP contribution in [0.25, 0.3) is 0 Å². The van der Waals surface area contributed by atoms with Crippen LogP contribution < -0.4 is 10.5 Å². The maximum atomic E-state index is 6.49. The van der Waals surface area contributed by atoms with E-state index in [-0.39, 0.29) is 11.6 Å². The minimum atomic E-state index is -0.0375. The highest BCUT2D eigenvalue weighted by Crippen LogP contribution is 2.43. The second kappa shape index (κ2) is 5.98. The Bertz CT molecular complexity index is 502. The van der Waals surface area contributed by atoms with Gasteiger partial charge in [-0.2, -0.15) is 0 Å². The zero-order valence-corrected chi connectivity index (χ0v) is 13.4. The largest absolute Gasteiger partial charge is 0.487 e. The Hall–Kier alpha value is -1.06. The van der Waals surface area contributed by atoms with E-state index in [1.165, 1.54) is 37.1 Å². The molecule has 3 rings (SSSR count). The lowest BCUT2D eigenvalue weighted by Crippen LogP contribution is -2.43. The van der Waals surface area contributed by atoms with E-state index in [9.17, 15) is 0 Å². The summed E-state index contributed by atoms with van der Waals surface area (Å²) in [7, 11) is 0. The Morgan fingerprint density at radius 1 is 1.33 bits per heavy atom. The van der Waals surface area contributed by atoms with Gasteiger partial charge in [0.15, 0.2) is 0 Å². The molecule has 116 valence electrons. The lowest BCUT2D eigenvalue weighted by Gasteiger charge is -2.41. The van der Waals surface area contributed by atoms with E-state index >= 15 is 0 Å². The van der Waals surface area contributed by atoms with Crippen LogP contribution in [-0.2, 0) is 0 Å². The van der Waals surface area contributed by atoms with Gasteiger partial charge in [-0.25, -0.2) is 0 Å². The van der Waals surface area contributed by atoms with Crippen molar-refractivity contribution in [3.8, 4) is 5.75 Å². The fourth-order valence-corrected chi connectivity index (χ4v) is 3.91. The molecule has 0 amide bonds. The molecule has 2 aliphatic heterocycles. The van der Waals surface area contributed by atoms with Crippen LogP contribution in [0.3, 0.4) is 0 Å². The number of nitrogens with zero attached hydrogens (tertiary/aromatic N) is 1. The zero-order valence-electron chi connectivity index (χ0n) is 13.4. The Kier molecular flexibility index (Phi) is 4.23. The van der Waals surface area contributed by atoms with Gasteiger partial charge in [0.2, 0.25) is 0 Å². The van der Waals surface area contributed by atoms with Crippen LogP contribution in [0, 0.1) is 6.92 Å². The molecule has 0 bridgehead atoms. The van der Waals surface area contributed by atoms with Gasteiger partial charge in [0.25, 0.3) is 0 Å². The van der Waals surface area contributed by atoms with Gasteiger partial charge in [0.1, 0.15) is 11.4 Å². The fraction of sp³-hybridized carbons (Fsp3) is 0.667. The fourth-order valence-electron chi connectivity index (χ4n) is 3.91. The van der Waals surface area contributed by atoms with Crippen LogP contribution in [0.1, 0.15) is 56.2 Å². The molecule has 1 aromatic rings. The van der Waals surface area contributed by atoms with Gasteiger partial charge in [0.05, 0.1) is 0 Å². The normalized spacial score (nSPS) is 29.8. The predicted molar refractivity (Wildman–Crippen MR) is 86.7 cm³/mol. The molecule has 1 saturated heterocycles. The van der Waals surface area contributed by atoms with E-state index in [1.807, 2.05) is 0 Å². The first kappa shape index (κ1) is 14.9. The first-order valence-electron chi connectivity index (χ1n) is 8.39. The maximum absolute atomic E-state index is 6.49. The molecular weight excluding hydrogens is 260 g/mol. The molecule has 2 aliphatic rings. The number of ether oxygens (including phenoxy) is 1. The average molecular weight is 288 g/mol. The highest BCUT2D eigenvalue weighted by Gasteiger charge is 2.40. The molecule has 3 nitrogen and oxygen atoms in total. The van der Waals surface area contributed by atoms with Gasteiger partial charge in [-0.15, -0.1) is 0 Å². The molecule has 21 heavy (non-hydrogen) atoms. The van der Waals surface area contributed by atoms with Crippen molar-refractivity contribution >= 4 is 0 Å².